The monoisotopic (exact) mass is 241 g/mol. The van der Waals surface area contributed by atoms with Gasteiger partial charge in [-0.15, -0.1) is 0 Å². The summed E-state index contributed by atoms with van der Waals surface area (Å²) in [6, 6.07) is 4.67. The van der Waals surface area contributed by atoms with Gasteiger partial charge >= 0.3 is 5.97 Å². The number of nitrogens with zero attached hydrogens (tertiary/aromatic N) is 1. The Morgan fingerprint density at radius 2 is 2.18 bits per heavy atom. The summed E-state index contributed by atoms with van der Waals surface area (Å²) in [6.45, 7) is 1.74. The molecule has 1 aromatic heterocycles. The van der Waals surface area contributed by atoms with Crippen molar-refractivity contribution in [1.29, 1.82) is 0 Å². The molecule has 0 aliphatic carbocycles. The number of rotatable bonds is 5. The number of pyridine rings is 1. The molecule has 17 heavy (non-hydrogen) atoms. The van der Waals surface area contributed by atoms with Crippen molar-refractivity contribution < 1.29 is 24.5 Å². The molecule has 94 valence electrons. The Balaban J connectivity index is 2.80. The van der Waals surface area contributed by atoms with Gasteiger partial charge in [0.05, 0.1) is 19.4 Å². The molecule has 0 radical (unpaired) electrons. The van der Waals surface area contributed by atoms with Crippen LogP contribution in [0.15, 0.2) is 18.2 Å². The van der Waals surface area contributed by atoms with Crippen molar-refractivity contribution >= 4 is 5.97 Å². The Labute approximate surface area is 98.8 Å². The highest BCUT2D eigenvalue weighted by molar-refractivity contribution is 5.75. The molecule has 0 bridgehead atoms. The first-order valence-electron chi connectivity index (χ1n) is 5.13. The number of esters is 1. The van der Waals surface area contributed by atoms with E-state index in [0.717, 1.165) is 0 Å². The summed E-state index contributed by atoms with van der Waals surface area (Å²) in [5, 5.41) is 19.3. The minimum absolute atomic E-state index is 0.133. The van der Waals surface area contributed by atoms with Crippen LogP contribution in [0.3, 0.4) is 0 Å². The highest BCUT2D eigenvalue weighted by atomic mass is 16.5. The first kappa shape index (κ1) is 13.4. The maximum Gasteiger partial charge on any atom is 0.338 e. The lowest BCUT2D eigenvalue weighted by Crippen LogP contribution is -2.30. The molecule has 0 aliphatic heterocycles. The van der Waals surface area contributed by atoms with E-state index < -0.39 is 18.2 Å². The summed E-state index contributed by atoms with van der Waals surface area (Å²) in [5.41, 5.74) is 0.143. The second-order valence-corrected chi connectivity index (χ2v) is 3.25. The van der Waals surface area contributed by atoms with Gasteiger partial charge in [0.15, 0.2) is 6.10 Å². The van der Waals surface area contributed by atoms with Crippen molar-refractivity contribution in [3.63, 3.8) is 0 Å². The number of hydrogen-bond acceptors (Lipinski definition) is 6. The van der Waals surface area contributed by atoms with Gasteiger partial charge in [0.25, 0.3) is 0 Å². The molecule has 0 aromatic carbocycles. The molecule has 0 aliphatic rings. The van der Waals surface area contributed by atoms with E-state index in [1.165, 1.54) is 13.2 Å². The number of aliphatic hydroxyl groups excluding tert-OH is 2. The molecular formula is C11H15NO5. The van der Waals surface area contributed by atoms with E-state index in [-0.39, 0.29) is 18.2 Å². The minimum atomic E-state index is -1.66. The number of ether oxygens (including phenoxy) is 2. The van der Waals surface area contributed by atoms with Crippen LogP contribution in [0, 0.1) is 0 Å². The second-order valence-electron chi connectivity index (χ2n) is 3.25. The molecule has 0 saturated heterocycles. The summed E-state index contributed by atoms with van der Waals surface area (Å²) in [4.78, 5) is 15.1. The van der Waals surface area contributed by atoms with Gasteiger partial charge in [-0.25, -0.2) is 9.78 Å². The molecule has 0 fully saturated rings. The summed E-state index contributed by atoms with van der Waals surface area (Å²) in [6.07, 6.45) is -3.10. The zero-order chi connectivity index (χ0) is 12.8. The third kappa shape index (κ3) is 3.40. The zero-order valence-electron chi connectivity index (χ0n) is 9.66. The lowest BCUT2D eigenvalue weighted by molar-refractivity contribution is -0.159. The molecule has 6 heteroatoms. The number of methoxy groups -OCH3 is 1. The molecule has 6 nitrogen and oxygen atoms in total. The van der Waals surface area contributed by atoms with Gasteiger partial charge < -0.3 is 19.7 Å². The molecule has 0 saturated carbocycles. The zero-order valence-corrected chi connectivity index (χ0v) is 9.66. The van der Waals surface area contributed by atoms with Gasteiger partial charge in [-0.1, -0.05) is 6.07 Å². The SMILES string of the molecule is CCOC(=O)C(O)C(O)c1cccc(OC)n1. The lowest BCUT2D eigenvalue weighted by atomic mass is 10.1. The van der Waals surface area contributed by atoms with Crippen molar-refractivity contribution in [2.24, 2.45) is 0 Å². The van der Waals surface area contributed by atoms with Gasteiger partial charge in [-0.2, -0.15) is 0 Å². The summed E-state index contributed by atoms with van der Waals surface area (Å²) in [5.74, 6) is -0.595. The number of hydrogen-bond donors (Lipinski definition) is 2. The molecule has 1 rings (SSSR count). The number of carbonyl (C=O) groups excluding carboxylic acids is 1. The maximum absolute atomic E-state index is 11.2. The van der Waals surface area contributed by atoms with E-state index in [1.807, 2.05) is 0 Å². The predicted molar refractivity (Wildman–Crippen MR) is 58.4 cm³/mol. The fourth-order valence-corrected chi connectivity index (χ4v) is 1.23. The Morgan fingerprint density at radius 3 is 2.76 bits per heavy atom. The average molecular weight is 241 g/mol. The van der Waals surface area contributed by atoms with Crippen LogP contribution in [-0.4, -0.2) is 41.0 Å². The molecule has 0 amide bonds. The Kier molecular flexibility index (Phi) is 4.86. The van der Waals surface area contributed by atoms with E-state index >= 15 is 0 Å². The smallest absolute Gasteiger partial charge is 0.338 e. The van der Waals surface area contributed by atoms with Gasteiger partial charge in [0.2, 0.25) is 5.88 Å². The van der Waals surface area contributed by atoms with Crippen LogP contribution in [0.2, 0.25) is 0 Å². The van der Waals surface area contributed by atoms with Crippen LogP contribution in [0.5, 0.6) is 5.88 Å². The Morgan fingerprint density at radius 1 is 1.47 bits per heavy atom. The number of aromatic nitrogens is 1. The highest BCUT2D eigenvalue weighted by Crippen LogP contribution is 2.18. The second kappa shape index (κ2) is 6.17. The van der Waals surface area contributed by atoms with Crippen LogP contribution in [-0.2, 0) is 9.53 Å². The van der Waals surface area contributed by atoms with Gasteiger partial charge in [0, 0.05) is 6.07 Å². The number of aliphatic hydroxyl groups is 2. The third-order valence-corrected chi connectivity index (χ3v) is 2.08. The summed E-state index contributed by atoms with van der Waals surface area (Å²) >= 11 is 0. The van der Waals surface area contributed by atoms with Crippen LogP contribution in [0.4, 0.5) is 0 Å². The topological polar surface area (TPSA) is 88.9 Å². The normalized spacial score (nSPS) is 13.9. The Hall–Kier alpha value is -1.66. The quantitative estimate of drug-likeness (QED) is 0.708. The van der Waals surface area contributed by atoms with Gasteiger partial charge in [0.1, 0.15) is 6.10 Å². The van der Waals surface area contributed by atoms with Crippen molar-refractivity contribution in [2.45, 2.75) is 19.1 Å². The van der Waals surface area contributed by atoms with E-state index in [9.17, 15) is 15.0 Å². The van der Waals surface area contributed by atoms with Gasteiger partial charge in [-0.05, 0) is 13.0 Å². The lowest BCUT2D eigenvalue weighted by Gasteiger charge is -2.16. The van der Waals surface area contributed by atoms with Crippen LogP contribution in [0.1, 0.15) is 18.7 Å². The van der Waals surface area contributed by atoms with E-state index in [0.29, 0.717) is 0 Å². The van der Waals surface area contributed by atoms with Crippen molar-refractivity contribution in [3.05, 3.63) is 23.9 Å². The van der Waals surface area contributed by atoms with Crippen LogP contribution in [0.25, 0.3) is 0 Å². The standard InChI is InChI=1S/C11H15NO5/c1-3-17-11(15)10(14)9(13)7-5-4-6-8(12-7)16-2/h4-6,9-10,13-14H,3H2,1-2H3. The average Bonchev–Trinajstić information content (AvgIpc) is 2.37. The number of carbonyl (C=O) groups is 1. The predicted octanol–water partition coefficient (Wildman–Crippen LogP) is 0.0476. The van der Waals surface area contributed by atoms with E-state index in [2.05, 4.69) is 9.72 Å². The van der Waals surface area contributed by atoms with Gasteiger partial charge in [-0.3, -0.25) is 0 Å². The third-order valence-electron chi connectivity index (χ3n) is 2.08. The van der Waals surface area contributed by atoms with Crippen LogP contribution >= 0.6 is 0 Å². The Bertz CT molecular complexity index is 382. The van der Waals surface area contributed by atoms with Crippen molar-refractivity contribution in [3.8, 4) is 5.88 Å². The maximum atomic E-state index is 11.2. The molecule has 2 atom stereocenters. The van der Waals surface area contributed by atoms with E-state index in [1.54, 1.807) is 19.1 Å². The molecule has 2 N–H and O–H groups in total. The first-order chi connectivity index (χ1) is 8.10. The van der Waals surface area contributed by atoms with Crippen molar-refractivity contribution in [2.75, 3.05) is 13.7 Å². The summed E-state index contributed by atoms with van der Waals surface area (Å²) in [7, 11) is 1.43. The highest BCUT2D eigenvalue weighted by Gasteiger charge is 2.28. The van der Waals surface area contributed by atoms with Crippen molar-refractivity contribution in [1.82, 2.24) is 4.98 Å². The molecule has 2 unspecified atom stereocenters. The fourth-order valence-electron chi connectivity index (χ4n) is 1.23. The molecular weight excluding hydrogens is 226 g/mol. The molecule has 0 spiro atoms. The minimum Gasteiger partial charge on any atom is -0.481 e. The van der Waals surface area contributed by atoms with E-state index in [4.69, 9.17) is 4.74 Å². The molecule has 1 aromatic rings. The molecule has 1 heterocycles. The summed E-state index contributed by atoms with van der Waals surface area (Å²) < 4.78 is 9.47. The first-order valence-corrected chi connectivity index (χ1v) is 5.13. The fraction of sp³-hybridized carbons (Fsp3) is 0.455. The largest absolute Gasteiger partial charge is 0.481 e. The van der Waals surface area contributed by atoms with Crippen LogP contribution < -0.4 is 4.74 Å².